The standard InChI is InChI=1S/C30H28F2N2O5/c1-38-20-30(19-27(35)36,21-39-16-8-13-22-9-4-2-5-10-22)34-29(37)33-28-25(31)17-24(18-26(28)32)15-14-23-11-6-3-7-12-23/h2-13,17-18H,16,19-21H2,1H3,(H,35,36)(H2,33,34,37)/b13-8+. The van der Waals surface area contributed by atoms with Crippen molar-refractivity contribution in [2.45, 2.75) is 12.0 Å². The van der Waals surface area contributed by atoms with Crippen LogP contribution in [0, 0.1) is 23.5 Å². The second-order valence-electron chi connectivity index (χ2n) is 8.62. The molecule has 3 aromatic rings. The predicted octanol–water partition coefficient (Wildman–Crippen LogP) is 5.08. The lowest BCUT2D eigenvalue weighted by molar-refractivity contribution is -0.140. The van der Waals surface area contributed by atoms with Crippen molar-refractivity contribution in [3.05, 3.63) is 107 Å². The number of aliphatic carboxylic acids is 1. The topological polar surface area (TPSA) is 96.9 Å². The molecule has 0 bridgehead atoms. The number of anilines is 1. The molecule has 1 atom stereocenters. The minimum absolute atomic E-state index is 0.0800. The maximum absolute atomic E-state index is 14.7. The molecular weight excluding hydrogens is 506 g/mol. The third-order valence-corrected chi connectivity index (χ3v) is 5.40. The Morgan fingerprint density at radius 3 is 2.18 bits per heavy atom. The van der Waals surface area contributed by atoms with Gasteiger partial charge in [-0.1, -0.05) is 72.5 Å². The molecule has 0 aromatic heterocycles. The van der Waals surface area contributed by atoms with Gasteiger partial charge >= 0.3 is 12.0 Å². The van der Waals surface area contributed by atoms with Gasteiger partial charge in [0.15, 0.2) is 11.6 Å². The Bertz CT molecular complexity index is 1330. The van der Waals surface area contributed by atoms with Crippen LogP contribution in [0.4, 0.5) is 19.3 Å². The zero-order chi connectivity index (χ0) is 28.1. The average molecular weight is 535 g/mol. The van der Waals surface area contributed by atoms with Crippen molar-refractivity contribution in [1.29, 1.82) is 0 Å². The van der Waals surface area contributed by atoms with Crippen LogP contribution in [-0.2, 0) is 14.3 Å². The summed E-state index contributed by atoms with van der Waals surface area (Å²) in [6.07, 6.45) is 3.01. The fourth-order valence-corrected chi connectivity index (χ4v) is 3.71. The third kappa shape index (κ3) is 9.38. The molecule has 0 spiro atoms. The summed E-state index contributed by atoms with van der Waals surface area (Å²) in [6.45, 7) is -0.342. The van der Waals surface area contributed by atoms with Crippen LogP contribution >= 0.6 is 0 Å². The highest BCUT2D eigenvalue weighted by molar-refractivity contribution is 5.90. The second kappa shape index (κ2) is 14.4. The van der Waals surface area contributed by atoms with Gasteiger partial charge in [0.2, 0.25) is 0 Å². The predicted molar refractivity (Wildman–Crippen MR) is 144 cm³/mol. The van der Waals surface area contributed by atoms with Crippen molar-refractivity contribution in [1.82, 2.24) is 5.32 Å². The average Bonchev–Trinajstić information content (AvgIpc) is 2.90. The fourth-order valence-electron chi connectivity index (χ4n) is 3.71. The number of methoxy groups -OCH3 is 1. The molecule has 0 heterocycles. The normalized spacial score (nSPS) is 12.3. The number of rotatable bonds is 11. The van der Waals surface area contributed by atoms with E-state index in [1.54, 1.807) is 30.3 Å². The van der Waals surface area contributed by atoms with E-state index in [2.05, 4.69) is 22.5 Å². The molecule has 202 valence electrons. The second-order valence-corrected chi connectivity index (χ2v) is 8.62. The van der Waals surface area contributed by atoms with Crippen LogP contribution in [0.15, 0.2) is 78.9 Å². The number of carboxylic acid groups (broad SMARTS) is 1. The first-order valence-corrected chi connectivity index (χ1v) is 12.0. The first kappa shape index (κ1) is 29.0. The Kier molecular flexibility index (Phi) is 10.7. The van der Waals surface area contributed by atoms with Gasteiger partial charge in [-0.2, -0.15) is 0 Å². The lowest BCUT2D eigenvalue weighted by Crippen LogP contribution is -2.57. The number of halogens is 2. The van der Waals surface area contributed by atoms with Gasteiger partial charge in [0, 0.05) is 18.2 Å². The summed E-state index contributed by atoms with van der Waals surface area (Å²) in [5.74, 6) is 2.18. The lowest BCUT2D eigenvalue weighted by Gasteiger charge is -2.32. The molecule has 3 aromatic carbocycles. The molecule has 9 heteroatoms. The van der Waals surface area contributed by atoms with Gasteiger partial charge in [0.1, 0.15) is 5.69 Å². The van der Waals surface area contributed by atoms with Crippen LogP contribution < -0.4 is 10.6 Å². The molecule has 0 saturated carbocycles. The minimum atomic E-state index is -1.51. The van der Waals surface area contributed by atoms with Crippen molar-refractivity contribution in [2.75, 3.05) is 32.2 Å². The summed E-state index contributed by atoms with van der Waals surface area (Å²) in [4.78, 5) is 24.3. The van der Waals surface area contributed by atoms with Crippen molar-refractivity contribution in [3.8, 4) is 11.8 Å². The number of hydrogen-bond acceptors (Lipinski definition) is 4. The molecule has 1 unspecified atom stereocenters. The van der Waals surface area contributed by atoms with Gasteiger partial charge in [-0.05, 0) is 29.8 Å². The molecule has 0 saturated heterocycles. The number of carbonyl (C=O) groups excluding carboxylic acids is 1. The van der Waals surface area contributed by atoms with E-state index >= 15 is 0 Å². The molecule has 0 aliphatic carbocycles. The summed E-state index contributed by atoms with van der Waals surface area (Å²) in [5, 5.41) is 14.0. The summed E-state index contributed by atoms with van der Waals surface area (Å²) >= 11 is 0. The van der Waals surface area contributed by atoms with Gasteiger partial charge in [0.05, 0.1) is 31.8 Å². The smallest absolute Gasteiger partial charge is 0.320 e. The van der Waals surface area contributed by atoms with Crippen molar-refractivity contribution >= 4 is 23.8 Å². The highest BCUT2D eigenvalue weighted by Gasteiger charge is 2.36. The third-order valence-electron chi connectivity index (χ3n) is 5.40. The van der Waals surface area contributed by atoms with E-state index in [0.717, 1.165) is 17.7 Å². The van der Waals surface area contributed by atoms with E-state index in [-0.39, 0.29) is 25.4 Å². The summed E-state index contributed by atoms with van der Waals surface area (Å²) < 4.78 is 40.2. The minimum Gasteiger partial charge on any atom is -0.481 e. The number of hydrogen-bond donors (Lipinski definition) is 3. The first-order valence-electron chi connectivity index (χ1n) is 12.0. The monoisotopic (exact) mass is 534 g/mol. The van der Waals surface area contributed by atoms with E-state index in [4.69, 9.17) is 9.47 Å². The molecule has 0 radical (unpaired) electrons. The highest BCUT2D eigenvalue weighted by atomic mass is 19.1. The number of ether oxygens (including phenoxy) is 2. The fraction of sp³-hybridized carbons (Fsp3) is 0.200. The molecule has 39 heavy (non-hydrogen) atoms. The van der Waals surface area contributed by atoms with Crippen LogP contribution in [0.5, 0.6) is 0 Å². The number of urea groups is 1. The van der Waals surface area contributed by atoms with Crippen LogP contribution in [0.1, 0.15) is 23.1 Å². The Labute approximate surface area is 225 Å². The van der Waals surface area contributed by atoms with Crippen LogP contribution in [-0.4, -0.2) is 49.6 Å². The van der Waals surface area contributed by atoms with Crippen molar-refractivity contribution < 1.29 is 33.0 Å². The van der Waals surface area contributed by atoms with E-state index in [0.29, 0.717) is 5.56 Å². The molecule has 0 fully saturated rings. The van der Waals surface area contributed by atoms with E-state index in [9.17, 15) is 23.5 Å². The van der Waals surface area contributed by atoms with E-state index in [1.165, 1.54) is 7.11 Å². The Balaban J connectivity index is 1.69. The number of amides is 2. The maximum atomic E-state index is 14.7. The Morgan fingerprint density at radius 2 is 1.56 bits per heavy atom. The quantitative estimate of drug-likeness (QED) is 0.236. The molecule has 3 rings (SSSR count). The molecular formula is C30H28F2N2O5. The van der Waals surface area contributed by atoms with Gasteiger partial charge < -0.3 is 25.2 Å². The molecule has 0 aliphatic heterocycles. The number of nitrogens with one attached hydrogen (secondary N) is 2. The SMILES string of the molecule is COCC(COC/C=C/c1ccccc1)(CC(=O)O)NC(=O)Nc1c(F)cc(C#Cc2ccccc2)cc1F. The van der Waals surface area contributed by atoms with Gasteiger partial charge in [-0.25, -0.2) is 13.6 Å². The zero-order valence-corrected chi connectivity index (χ0v) is 21.2. The molecule has 2 amide bonds. The summed E-state index contributed by atoms with van der Waals surface area (Å²) in [6, 6.07) is 19.3. The van der Waals surface area contributed by atoms with Crippen LogP contribution in [0.2, 0.25) is 0 Å². The van der Waals surface area contributed by atoms with Crippen LogP contribution in [0.3, 0.4) is 0 Å². The highest BCUT2D eigenvalue weighted by Crippen LogP contribution is 2.21. The lowest BCUT2D eigenvalue weighted by atomic mass is 9.97. The summed E-state index contributed by atoms with van der Waals surface area (Å²) in [5.41, 5.74) is -0.513. The van der Waals surface area contributed by atoms with Gasteiger partial charge in [-0.3, -0.25) is 4.79 Å². The molecule has 3 N–H and O–H groups in total. The Hall–Kier alpha value is -4.52. The van der Waals surface area contributed by atoms with Crippen LogP contribution in [0.25, 0.3) is 6.08 Å². The van der Waals surface area contributed by atoms with Crippen molar-refractivity contribution in [2.24, 2.45) is 0 Å². The first-order chi connectivity index (χ1) is 18.8. The van der Waals surface area contributed by atoms with E-state index < -0.39 is 41.3 Å². The van der Waals surface area contributed by atoms with E-state index in [1.807, 2.05) is 42.5 Å². The molecule has 7 nitrogen and oxygen atoms in total. The van der Waals surface area contributed by atoms with Gasteiger partial charge in [-0.15, -0.1) is 0 Å². The number of carbonyl (C=O) groups is 2. The number of carboxylic acids is 1. The molecule has 0 aliphatic rings. The van der Waals surface area contributed by atoms with Crippen molar-refractivity contribution in [3.63, 3.8) is 0 Å². The zero-order valence-electron chi connectivity index (χ0n) is 21.2. The summed E-state index contributed by atoms with van der Waals surface area (Å²) in [7, 11) is 1.33. The maximum Gasteiger partial charge on any atom is 0.320 e. The largest absolute Gasteiger partial charge is 0.481 e. The Morgan fingerprint density at radius 1 is 0.949 bits per heavy atom. The number of benzene rings is 3. The van der Waals surface area contributed by atoms with Gasteiger partial charge in [0.25, 0.3) is 0 Å².